The maximum Gasteiger partial charge on any atom is 0.115 e. The van der Waals surface area contributed by atoms with Crippen LogP contribution < -0.4 is 0 Å². The number of phenolic OH excluding ortho intramolecular Hbond substituents is 1. The summed E-state index contributed by atoms with van der Waals surface area (Å²) in [7, 11) is 0. The highest BCUT2D eigenvalue weighted by Gasteiger charge is 2.19. The fourth-order valence-corrected chi connectivity index (χ4v) is 1.92. The summed E-state index contributed by atoms with van der Waals surface area (Å²) >= 11 is 0. The van der Waals surface area contributed by atoms with E-state index in [4.69, 9.17) is 5.48 Å². The molecule has 1 unspecified atom stereocenters. The SMILES string of the molecule is [2H]C([2H])([2H])C([2H])(O)CCCCC(C)(C)c1ccc(O)cc1. The smallest absolute Gasteiger partial charge is 0.115 e. The predicted octanol–water partition coefficient (Wildman–Crippen LogP) is 3.61. The van der Waals surface area contributed by atoms with Crippen LogP contribution in [-0.2, 0) is 5.41 Å². The molecule has 2 heteroatoms. The molecule has 0 spiro atoms. The van der Waals surface area contributed by atoms with Crippen LogP contribution in [0.2, 0.25) is 0 Å². The van der Waals surface area contributed by atoms with Crippen LogP contribution in [0.4, 0.5) is 0 Å². The molecule has 0 heterocycles. The highest BCUT2D eigenvalue weighted by Crippen LogP contribution is 2.30. The van der Waals surface area contributed by atoms with Crippen LogP contribution in [-0.4, -0.2) is 16.3 Å². The zero-order chi connectivity index (χ0) is 16.3. The van der Waals surface area contributed by atoms with Gasteiger partial charge in [-0.05, 0) is 42.8 Å². The van der Waals surface area contributed by atoms with Gasteiger partial charge in [-0.15, -0.1) is 0 Å². The van der Waals surface area contributed by atoms with E-state index in [9.17, 15) is 10.2 Å². The quantitative estimate of drug-likeness (QED) is 0.746. The molecule has 0 radical (unpaired) electrons. The van der Waals surface area contributed by atoms with Crippen molar-refractivity contribution in [2.45, 2.75) is 57.9 Å². The number of unbranched alkanes of at least 4 members (excludes halogenated alkanes) is 1. The first-order valence-corrected chi connectivity index (χ1v) is 5.98. The molecule has 0 saturated carbocycles. The fraction of sp³-hybridized carbons (Fsp3) is 0.600. The zero-order valence-electron chi connectivity index (χ0n) is 14.5. The first-order valence-electron chi connectivity index (χ1n) is 7.98. The van der Waals surface area contributed by atoms with Gasteiger partial charge in [0.2, 0.25) is 0 Å². The first kappa shape index (κ1) is 8.98. The highest BCUT2D eigenvalue weighted by molar-refractivity contribution is 5.30. The molecule has 0 aliphatic rings. The minimum atomic E-state index is -2.67. The Bertz CT molecular complexity index is 450. The summed E-state index contributed by atoms with van der Waals surface area (Å²) < 4.78 is 28.8. The van der Waals surface area contributed by atoms with Crippen LogP contribution >= 0.6 is 0 Å². The van der Waals surface area contributed by atoms with Crippen molar-refractivity contribution in [2.75, 3.05) is 0 Å². The Morgan fingerprint density at radius 1 is 1.29 bits per heavy atom. The molecule has 2 nitrogen and oxygen atoms in total. The number of rotatable bonds is 6. The molecular formula is C15H24O2. The van der Waals surface area contributed by atoms with E-state index in [1.807, 2.05) is 12.1 Å². The van der Waals surface area contributed by atoms with Gasteiger partial charge in [0.15, 0.2) is 0 Å². The Balaban J connectivity index is 2.50. The van der Waals surface area contributed by atoms with Crippen LogP contribution in [0.5, 0.6) is 5.75 Å². The van der Waals surface area contributed by atoms with E-state index in [1.165, 1.54) is 0 Å². The minimum Gasteiger partial charge on any atom is -0.508 e. The molecule has 0 aromatic heterocycles. The summed E-state index contributed by atoms with van der Waals surface area (Å²) in [5.41, 5.74) is 0.991. The van der Waals surface area contributed by atoms with E-state index in [0.29, 0.717) is 6.42 Å². The largest absolute Gasteiger partial charge is 0.508 e. The van der Waals surface area contributed by atoms with Crippen molar-refractivity contribution in [3.05, 3.63) is 29.8 Å². The molecular weight excluding hydrogens is 212 g/mol. The van der Waals surface area contributed by atoms with Gasteiger partial charge in [-0.1, -0.05) is 38.8 Å². The van der Waals surface area contributed by atoms with Gasteiger partial charge >= 0.3 is 0 Å². The number of hydrogen-bond donors (Lipinski definition) is 2. The minimum absolute atomic E-state index is 0.0604. The summed E-state index contributed by atoms with van der Waals surface area (Å²) in [5, 5.41) is 18.9. The van der Waals surface area contributed by atoms with Gasteiger partial charge in [0, 0.05) is 4.11 Å². The van der Waals surface area contributed by atoms with Gasteiger partial charge in [-0.3, -0.25) is 0 Å². The highest BCUT2D eigenvalue weighted by atomic mass is 16.3. The lowest BCUT2D eigenvalue weighted by molar-refractivity contribution is 0.179. The predicted molar refractivity (Wildman–Crippen MR) is 71.3 cm³/mol. The van der Waals surface area contributed by atoms with E-state index in [2.05, 4.69) is 13.8 Å². The Morgan fingerprint density at radius 3 is 2.53 bits per heavy atom. The van der Waals surface area contributed by atoms with Gasteiger partial charge < -0.3 is 10.2 Å². The Labute approximate surface area is 110 Å². The molecule has 2 N–H and O–H groups in total. The van der Waals surface area contributed by atoms with Crippen LogP contribution in [0.15, 0.2) is 24.3 Å². The molecule has 96 valence electrons. The molecule has 1 atom stereocenters. The lowest BCUT2D eigenvalue weighted by atomic mass is 9.80. The topological polar surface area (TPSA) is 40.5 Å². The lowest BCUT2D eigenvalue weighted by Crippen LogP contribution is -2.17. The van der Waals surface area contributed by atoms with E-state index >= 15 is 0 Å². The van der Waals surface area contributed by atoms with Crippen molar-refractivity contribution >= 4 is 0 Å². The third kappa shape index (κ3) is 4.78. The molecule has 1 aromatic rings. The molecule has 0 bridgehead atoms. The van der Waals surface area contributed by atoms with Gasteiger partial charge in [-0.25, -0.2) is 0 Å². The van der Waals surface area contributed by atoms with Gasteiger partial charge in [-0.2, -0.15) is 0 Å². The Hall–Kier alpha value is -1.02. The van der Waals surface area contributed by atoms with Crippen LogP contribution in [0.25, 0.3) is 0 Å². The number of aromatic hydroxyl groups is 1. The molecule has 1 rings (SSSR count). The van der Waals surface area contributed by atoms with Crippen LogP contribution in [0.3, 0.4) is 0 Å². The van der Waals surface area contributed by atoms with Crippen molar-refractivity contribution in [1.82, 2.24) is 0 Å². The normalized spacial score (nSPS) is 19.7. The number of benzene rings is 1. The standard InChI is InChI=1S/C15H24O2/c1-12(16)6-4-5-11-15(2,3)13-7-9-14(17)10-8-13/h7-10,12,16-17H,4-6,11H2,1-3H3/i1D3,12D. The molecule has 1 aromatic carbocycles. The number of phenols is 1. The van der Waals surface area contributed by atoms with Crippen molar-refractivity contribution in [3.8, 4) is 5.75 Å². The molecule has 0 fully saturated rings. The average Bonchev–Trinajstić information content (AvgIpc) is 2.34. The van der Waals surface area contributed by atoms with Crippen molar-refractivity contribution < 1.29 is 15.7 Å². The lowest BCUT2D eigenvalue weighted by Gasteiger charge is -2.25. The Kier molecular flexibility index (Phi) is 3.20. The molecule has 0 aliphatic carbocycles. The second kappa shape index (κ2) is 6.06. The number of aliphatic hydroxyl groups is 1. The average molecular weight is 240 g/mol. The number of hydrogen-bond acceptors (Lipinski definition) is 2. The monoisotopic (exact) mass is 240 g/mol. The van der Waals surface area contributed by atoms with E-state index < -0.39 is 12.9 Å². The third-order valence-corrected chi connectivity index (χ3v) is 3.11. The maximum atomic E-state index is 9.60. The van der Waals surface area contributed by atoms with E-state index in [-0.39, 0.29) is 17.6 Å². The van der Waals surface area contributed by atoms with Crippen molar-refractivity contribution in [2.24, 2.45) is 0 Å². The Morgan fingerprint density at radius 2 is 1.94 bits per heavy atom. The maximum absolute atomic E-state index is 9.60. The fourth-order valence-electron chi connectivity index (χ4n) is 1.92. The summed E-state index contributed by atoms with van der Waals surface area (Å²) in [5.74, 6) is 0.228. The summed E-state index contributed by atoms with van der Waals surface area (Å²) in [6.07, 6.45) is -0.398. The van der Waals surface area contributed by atoms with E-state index in [0.717, 1.165) is 18.4 Å². The first-order chi connectivity index (χ1) is 9.46. The van der Waals surface area contributed by atoms with Crippen LogP contribution in [0, 0.1) is 0 Å². The second-order valence-electron chi connectivity index (χ2n) is 5.08. The van der Waals surface area contributed by atoms with Crippen LogP contribution in [0.1, 0.15) is 57.4 Å². The summed E-state index contributed by atoms with van der Waals surface area (Å²) in [4.78, 5) is 0. The zero-order valence-corrected chi connectivity index (χ0v) is 10.5. The van der Waals surface area contributed by atoms with Gasteiger partial charge in [0.05, 0.1) is 7.45 Å². The molecule has 0 aliphatic heterocycles. The molecule has 0 amide bonds. The molecule has 17 heavy (non-hydrogen) atoms. The van der Waals surface area contributed by atoms with Gasteiger partial charge in [0.25, 0.3) is 0 Å². The summed E-state index contributed by atoms with van der Waals surface area (Å²) in [6, 6.07) is 7.04. The summed E-state index contributed by atoms with van der Waals surface area (Å²) in [6.45, 7) is 1.49. The van der Waals surface area contributed by atoms with Crippen molar-refractivity contribution in [3.63, 3.8) is 0 Å². The van der Waals surface area contributed by atoms with Gasteiger partial charge in [0.1, 0.15) is 5.75 Å². The van der Waals surface area contributed by atoms with E-state index in [1.54, 1.807) is 12.1 Å². The third-order valence-electron chi connectivity index (χ3n) is 3.11. The molecule has 0 saturated heterocycles. The second-order valence-corrected chi connectivity index (χ2v) is 5.08. The van der Waals surface area contributed by atoms with Crippen molar-refractivity contribution in [1.29, 1.82) is 0 Å².